The molecule has 0 aliphatic carbocycles. The molecule has 1 aromatic heterocycles. The quantitative estimate of drug-likeness (QED) is 0.839. The van der Waals surface area contributed by atoms with E-state index in [2.05, 4.69) is 21.2 Å². The lowest BCUT2D eigenvalue weighted by Gasteiger charge is -2.09. The molecule has 5 nitrogen and oxygen atoms in total. The normalized spacial score (nSPS) is 10.3. The lowest BCUT2D eigenvalue weighted by molar-refractivity contribution is -0.116. The molecule has 2 rings (SSSR count). The second kappa shape index (κ2) is 5.87. The van der Waals surface area contributed by atoms with Crippen LogP contribution >= 0.6 is 15.9 Å². The van der Waals surface area contributed by atoms with Crippen LogP contribution in [0.15, 0.2) is 45.8 Å². The number of benzene rings is 1. The number of carbonyl (C=O) groups excluding carboxylic acids is 1. The van der Waals surface area contributed by atoms with Crippen molar-refractivity contribution in [1.82, 2.24) is 4.57 Å². The SMILES string of the molecule is Nc1ccc(F)c(NC(=O)Cn2cc(Br)ccc2=O)c1. The highest BCUT2D eigenvalue weighted by molar-refractivity contribution is 9.10. The molecule has 1 amide bonds. The topological polar surface area (TPSA) is 77.1 Å². The van der Waals surface area contributed by atoms with Gasteiger partial charge in [-0.25, -0.2) is 4.39 Å². The van der Waals surface area contributed by atoms with Gasteiger partial charge in [0.15, 0.2) is 0 Å². The average Bonchev–Trinajstić information content (AvgIpc) is 2.38. The average molecular weight is 340 g/mol. The van der Waals surface area contributed by atoms with Gasteiger partial charge in [0, 0.05) is 22.4 Å². The Morgan fingerprint density at radius 2 is 2.10 bits per heavy atom. The van der Waals surface area contributed by atoms with E-state index in [-0.39, 0.29) is 17.8 Å². The summed E-state index contributed by atoms with van der Waals surface area (Å²) in [6, 6.07) is 6.78. The highest BCUT2D eigenvalue weighted by atomic mass is 79.9. The Bertz CT molecular complexity index is 715. The van der Waals surface area contributed by atoms with E-state index in [0.717, 1.165) is 6.07 Å². The van der Waals surface area contributed by atoms with Crippen molar-refractivity contribution in [2.24, 2.45) is 0 Å². The summed E-state index contributed by atoms with van der Waals surface area (Å²) in [5.41, 5.74) is 5.52. The van der Waals surface area contributed by atoms with Crippen molar-refractivity contribution in [1.29, 1.82) is 0 Å². The molecular formula is C13H11BrFN3O2. The van der Waals surface area contributed by atoms with Gasteiger partial charge in [0.25, 0.3) is 5.56 Å². The molecule has 0 atom stereocenters. The summed E-state index contributed by atoms with van der Waals surface area (Å²) in [5.74, 6) is -1.11. The van der Waals surface area contributed by atoms with Crippen LogP contribution in [0.4, 0.5) is 15.8 Å². The molecule has 1 heterocycles. The molecule has 7 heteroatoms. The van der Waals surface area contributed by atoms with Gasteiger partial charge in [-0.3, -0.25) is 9.59 Å². The monoisotopic (exact) mass is 339 g/mol. The Morgan fingerprint density at radius 1 is 1.35 bits per heavy atom. The fraction of sp³-hybridized carbons (Fsp3) is 0.0769. The summed E-state index contributed by atoms with van der Waals surface area (Å²) < 4.78 is 15.3. The molecule has 0 aliphatic heterocycles. The number of nitrogens with one attached hydrogen (secondary N) is 1. The lowest BCUT2D eigenvalue weighted by atomic mass is 10.2. The third-order valence-electron chi connectivity index (χ3n) is 2.53. The number of hydrogen-bond donors (Lipinski definition) is 2. The van der Waals surface area contributed by atoms with Crippen molar-refractivity contribution in [3.05, 3.63) is 57.2 Å². The van der Waals surface area contributed by atoms with Crippen molar-refractivity contribution in [2.75, 3.05) is 11.1 Å². The number of aromatic nitrogens is 1. The number of amides is 1. The van der Waals surface area contributed by atoms with Crippen molar-refractivity contribution in [2.45, 2.75) is 6.54 Å². The number of halogens is 2. The second-order valence-electron chi connectivity index (χ2n) is 4.10. The van der Waals surface area contributed by atoms with Crippen molar-refractivity contribution >= 4 is 33.2 Å². The van der Waals surface area contributed by atoms with Crippen LogP contribution in [-0.4, -0.2) is 10.5 Å². The zero-order chi connectivity index (χ0) is 14.7. The maximum absolute atomic E-state index is 13.5. The van der Waals surface area contributed by atoms with E-state index < -0.39 is 11.7 Å². The van der Waals surface area contributed by atoms with Crippen LogP contribution < -0.4 is 16.6 Å². The standard InChI is InChI=1S/C13H11BrFN3O2/c14-8-1-4-13(20)18(6-8)7-12(19)17-11-5-9(16)2-3-10(11)15/h1-6H,7,16H2,(H,17,19). The minimum atomic E-state index is -0.589. The number of nitrogen functional groups attached to an aromatic ring is 1. The van der Waals surface area contributed by atoms with Crippen LogP contribution in [0.25, 0.3) is 0 Å². The molecule has 0 bridgehead atoms. The zero-order valence-corrected chi connectivity index (χ0v) is 11.9. The molecule has 104 valence electrons. The van der Waals surface area contributed by atoms with Gasteiger partial charge >= 0.3 is 0 Å². The number of carbonyl (C=O) groups is 1. The molecule has 0 unspecified atom stereocenters. The smallest absolute Gasteiger partial charge is 0.251 e. The van der Waals surface area contributed by atoms with E-state index in [4.69, 9.17) is 5.73 Å². The number of nitrogens with zero attached hydrogens (tertiary/aromatic N) is 1. The summed E-state index contributed by atoms with van der Waals surface area (Å²) in [6.07, 6.45) is 1.48. The minimum Gasteiger partial charge on any atom is -0.399 e. The predicted octanol–water partition coefficient (Wildman–Crippen LogP) is 1.97. The number of pyridine rings is 1. The summed E-state index contributed by atoms with van der Waals surface area (Å²) >= 11 is 3.21. The number of rotatable bonds is 3. The van der Waals surface area contributed by atoms with Gasteiger partial charge in [-0.1, -0.05) is 0 Å². The van der Waals surface area contributed by atoms with Crippen LogP contribution in [0.1, 0.15) is 0 Å². The highest BCUT2D eigenvalue weighted by Gasteiger charge is 2.09. The van der Waals surface area contributed by atoms with Gasteiger partial charge in [0.05, 0.1) is 5.69 Å². The summed E-state index contributed by atoms with van der Waals surface area (Å²) in [6.45, 7) is -0.216. The first kappa shape index (κ1) is 14.3. The van der Waals surface area contributed by atoms with Gasteiger partial charge in [-0.2, -0.15) is 0 Å². The number of nitrogens with two attached hydrogens (primary N) is 1. The van der Waals surface area contributed by atoms with Crippen LogP contribution in [-0.2, 0) is 11.3 Å². The van der Waals surface area contributed by atoms with Gasteiger partial charge in [0.1, 0.15) is 12.4 Å². The van der Waals surface area contributed by atoms with E-state index in [1.165, 1.54) is 29.0 Å². The lowest BCUT2D eigenvalue weighted by Crippen LogP contribution is -2.27. The van der Waals surface area contributed by atoms with Crippen molar-refractivity contribution < 1.29 is 9.18 Å². The Morgan fingerprint density at radius 3 is 2.85 bits per heavy atom. The van der Waals surface area contributed by atoms with Crippen LogP contribution in [0.2, 0.25) is 0 Å². The highest BCUT2D eigenvalue weighted by Crippen LogP contribution is 2.17. The van der Waals surface area contributed by atoms with E-state index in [9.17, 15) is 14.0 Å². The molecule has 2 aromatic rings. The third kappa shape index (κ3) is 3.45. The fourth-order valence-electron chi connectivity index (χ4n) is 1.61. The molecule has 20 heavy (non-hydrogen) atoms. The molecule has 0 radical (unpaired) electrons. The second-order valence-corrected chi connectivity index (χ2v) is 5.02. The molecule has 0 saturated carbocycles. The van der Waals surface area contributed by atoms with E-state index in [1.54, 1.807) is 6.07 Å². The van der Waals surface area contributed by atoms with Gasteiger partial charge in [-0.05, 0) is 40.2 Å². The van der Waals surface area contributed by atoms with E-state index in [1.807, 2.05) is 0 Å². The van der Waals surface area contributed by atoms with E-state index >= 15 is 0 Å². The molecule has 3 N–H and O–H groups in total. The zero-order valence-electron chi connectivity index (χ0n) is 10.3. The molecule has 0 fully saturated rings. The van der Waals surface area contributed by atoms with Gasteiger partial charge in [0.2, 0.25) is 5.91 Å². The molecule has 0 aliphatic rings. The van der Waals surface area contributed by atoms with Crippen molar-refractivity contribution in [3.8, 4) is 0 Å². The molecule has 0 spiro atoms. The number of anilines is 2. The summed E-state index contributed by atoms with van der Waals surface area (Å²) in [5, 5.41) is 2.38. The Labute approximate surface area is 122 Å². The van der Waals surface area contributed by atoms with Crippen LogP contribution in [0.5, 0.6) is 0 Å². The van der Waals surface area contributed by atoms with Gasteiger partial charge in [-0.15, -0.1) is 0 Å². The molecule has 1 aromatic carbocycles. The van der Waals surface area contributed by atoms with Crippen LogP contribution in [0.3, 0.4) is 0 Å². The minimum absolute atomic E-state index is 0.0157. The largest absolute Gasteiger partial charge is 0.399 e. The summed E-state index contributed by atoms with van der Waals surface area (Å²) in [7, 11) is 0. The predicted molar refractivity (Wildman–Crippen MR) is 77.8 cm³/mol. The molecule has 0 saturated heterocycles. The molecular weight excluding hydrogens is 329 g/mol. The number of hydrogen-bond acceptors (Lipinski definition) is 3. The summed E-state index contributed by atoms with van der Waals surface area (Å²) in [4.78, 5) is 23.4. The maximum atomic E-state index is 13.5. The first-order chi connectivity index (χ1) is 9.45. The Hall–Kier alpha value is -2.15. The Balaban J connectivity index is 2.15. The van der Waals surface area contributed by atoms with Gasteiger partial charge < -0.3 is 15.6 Å². The Kier molecular flexibility index (Phi) is 4.19. The van der Waals surface area contributed by atoms with Crippen LogP contribution in [0, 0.1) is 5.82 Å². The van der Waals surface area contributed by atoms with E-state index in [0.29, 0.717) is 10.2 Å². The first-order valence-electron chi connectivity index (χ1n) is 5.66. The fourth-order valence-corrected chi connectivity index (χ4v) is 1.99. The van der Waals surface area contributed by atoms with Crippen molar-refractivity contribution in [3.63, 3.8) is 0 Å². The maximum Gasteiger partial charge on any atom is 0.251 e. The first-order valence-corrected chi connectivity index (χ1v) is 6.46. The third-order valence-corrected chi connectivity index (χ3v) is 2.99.